The van der Waals surface area contributed by atoms with Gasteiger partial charge in [0.25, 0.3) is 5.91 Å². The van der Waals surface area contributed by atoms with Gasteiger partial charge >= 0.3 is 0 Å². The van der Waals surface area contributed by atoms with Gasteiger partial charge in [0, 0.05) is 22.4 Å². The van der Waals surface area contributed by atoms with Gasteiger partial charge in [-0.15, -0.1) is 11.3 Å². The van der Waals surface area contributed by atoms with Crippen molar-refractivity contribution in [2.45, 2.75) is 38.6 Å². The molecule has 1 fully saturated rings. The first-order valence-electron chi connectivity index (χ1n) is 5.77. The fraction of sp³-hybridized carbons (Fsp3) is 0.583. The molecular weight excluding hydrogens is 286 g/mol. The lowest BCUT2D eigenvalue weighted by Crippen LogP contribution is -2.43. The lowest BCUT2D eigenvalue weighted by molar-refractivity contribution is 0.0613. The number of thiophene rings is 1. The lowest BCUT2D eigenvalue weighted by atomic mass is 10.00. The smallest absolute Gasteiger partial charge is 0.264 e. The van der Waals surface area contributed by atoms with Crippen molar-refractivity contribution in [2.75, 3.05) is 6.54 Å². The summed E-state index contributed by atoms with van der Waals surface area (Å²) < 4.78 is 1.01. The van der Waals surface area contributed by atoms with E-state index in [0.717, 1.165) is 35.2 Å². The number of amides is 1. The molecule has 0 N–H and O–H groups in total. The zero-order chi connectivity index (χ0) is 11.5. The maximum Gasteiger partial charge on any atom is 0.264 e. The lowest BCUT2D eigenvalue weighted by Gasteiger charge is -2.34. The van der Waals surface area contributed by atoms with Crippen LogP contribution >= 0.6 is 27.3 Å². The molecule has 1 aromatic heterocycles. The van der Waals surface area contributed by atoms with Gasteiger partial charge in [-0.3, -0.25) is 4.79 Å². The van der Waals surface area contributed by atoms with Gasteiger partial charge in [-0.05, 0) is 47.7 Å². The molecule has 1 saturated heterocycles. The van der Waals surface area contributed by atoms with Gasteiger partial charge in [0.2, 0.25) is 0 Å². The highest BCUT2D eigenvalue weighted by atomic mass is 79.9. The van der Waals surface area contributed by atoms with Gasteiger partial charge in [-0.2, -0.15) is 0 Å². The third-order valence-electron chi connectivity index (χ3n) is 3.14. The fourth-order valence-electron chi connectivity index (χ4n) is 2.26. The molecule has 1 atom stereocenters. The first kappa shape index (κ1) is 12.1. The Morgan fingerprint density at radius 3 is 3.06 bits per heavy atom. The minimum atomic E-state index is 0.210. The Balaban J connectivity index is 2.13. The van der Waals surface area contributed by atoms with E-state index in [-0.39, 0.29) is 5.91 Å². The van der Waals surface area contributed by atoms with Gasteiger partial charge in [0.1, 0.15) is 0 Å². The van der Waals surface area contributed by atoms with Crippen molar-refractivity contribution < 1.29 is 4.79 Å². The summed E-state index contributed by atoms with van der Waals surface area (Å²) in [5.41, 5.74) is 0. The molecule has 2 nitrogen and oxygen atoms in total. The van der Waals surface area contributed by atoms with Gasteiger partial charge in [0.15, 0.2) is 0 Å². The Morgan fingerprint density at radius 1 is 1.62 bits per heavy atom. The molecule has 4 heteroatoms. The number of nitrogens with zero attached hydrogens (tertiary/aromatic N) is 1. The van der Waals surface area contributed by atoms with E-state index in [2.05, 4.69) is 27.8 Å². The van der Waals surface area contributed by atoms with Gasteiger partial charge in [-0.1, -0.05) is 6.92 Å². The second-order valence-corrected chi connectivity index (χ2v) is 6.01. The van der Waals surface area contributed by atoms with Crippen molar-refractivity contribution in [3.8, 4) is 0 Å². The number of hydrogen-bond donors (Lipinski definition) is 0. The first-order valence-corrected chi connectivity index (χ1v) is 7.44. The molecule has 0 spiro atoms. The summed E-state index contributed by atoms with van der Waals surface area (Å²) in [5, 5.41) is 1.97. The molecule has 88 valence electrons. The molecular formula is C12H16BrNOS. The highest BCUT2D eigenvalue weighted by Gasteiger charge is 2.26. The summed E-state index contributed by atoms with van der Waals surface area (Å²) in [6.45, 7) is 3.09. The van der Waals surface area contributed by atoms with Crippen LogP contribution in [0.1, 0.15) is 42.3 Å². The number of rotatable bonds is 2. The van der Waals surface area contributed by atoms with Gasteiger partial charge < -0.3 is 4.90 Å². The fourth-order valence-corrected chi connectivity index (χ4v) is 3.64. The molecule has 0 saturated carbocycles. The quantitative estimate of drug-likeness (QED) is 0.811. The Kier molecular flexibility index (Phi) is 4.03. The molecule has 0 bridgehead atoms. The summed E-state index contributed by atoms with van der Waals surface area (Å²) in [6.07, 6.45) is 4.64. The van der Waals surface area contributed by atoms with Crippen molar-refractivity contribution in [1.29, 1.82) is 0 Å². The van der Waals surface area contributed by atoms with Crippen molar-refractivity contribution in [3.05, 3.63) is 20.8 Å². The molecule has 0 aromatic carbocycles. The number of halogens is 1. The third-order valence-corrected chi connectivity index (χ3v) is 4.82. The van der Waals surface area contributed by atoms with Crippen LogP contribution in [0.3, 0.4) is 0 Å². The Morgan fingerprint density at radius 2 is 2.44 bits per heavy atom. The summed E-state index contributed by atoms with van der Waals surface area (Å²) in [5.74, 6) is 0.210. The van der Waals surface area contributed by atoms with E-state index in [1.165, 1.54) is 17.8 Å². The maximum atomic E-state index is 12.3. The Bertz CT molecular complexity index is 377. The second kappa shape index (κ2) is 5.32. The SMILES string of the molecule is CC[C@H]1CCCCN1C(=O)c1cc(Br)cs1. The molecule has 1 aliphatic heterocycles. The predicted octanol–water partition coefficient (Wildman–Crippen LogP) is 3.92. The zero-order valence-electron chi connectivity index (χ0n) is 9.41. The number of hydrogen-bond acceptors (Lipinski definition) is 2. The van der Waals surface area contributed by atoms with Crippen LogP contribution in [0, 0.1) is 0 Å². The standard InChI is InChI=1S/C12H16BrNOS/c1-2-10-5-3-4-6-14(10)12(15)11-7-9(13)8-16-11/h7-8,10H,2-6H2,1H3/t10-/m0/s1. The summed E-state index contributed by atoms with van der Waals surface area (Å²) in [7, 11) is 0. The van der Waals surface area contributed by atoms with Crippen molar-refractivity contribution in [3.63, 3.8) is 0 Å². The van der Waals surface area contributed by atoms with Crippen molar-refractivity contribution in [1.82, 2.24) is 4.90 Å². The van der Waals surface area contributed by atoms with Crippen molar-refractivity contribution in [2.24, 2.45) is 0 Å². The first-order chi connectivity index (χ1) is 7.72. The molecule has 1 aromatic rings. The summed E-state index contributed by atoms with van der Waals surface area (Å²) >= 11 is 4.92. The van der Waals surface area contributed by atoms with Crippen LogP contribution in [0.4, 0.5) is 0 Å². The topological polar surface area (TPSA) is 20.3 Å². The highest BCUT2D eigenvalue weighted by molar-refractivity contribution is 9.10. The van der Waals surface area contributed by atoms with Crippen LogP contribution in [0.5, 0.6) is 0 Å². The Labute approximate surface area is 109 Å². The molecule has 0 unspecified atom stereocenters. The van der Waals surface area contributed by atoms with E-state index in [4.69, 9.17) is 0 Å². The molecule has 1 aliphatic rings. The highest BCUT2D eigenvalue weighted by Crippen LogP contribution is 2.26. The molecule has 16 heavy (non-hydrogen) atoms. The molecule has 0 aliphatic carbocycles. The van der Waals surface area contributed by atoms with Crippen LogP contribution in [0.15, 0.2) is 15.9 Å². The molecule has 2 heterocycles. The summed E-state index contributed by atoms with van der Waals surface area (Å²) in [6, 6.07) is 2.37. The van der Waals surface area contributed by atoms with Crippen molar-refractivity contribution >= 4 is 33.2 Å². The molecule has 2 rings (SSSR count). The normalized spacial score (nSPS) is 21.1. The van der Waals surface area contributed by atoms with Gasteiger partial charge in [-0.25, -0.2) is 0 Å². The van der Waals surface area contributed by atoms with E-state index in [1.54, 1.807) is 0 Å². The largest absolute Gasteiger partial charge is 0.335 e. The minimum Gasteiger partial charge on any atom is -0.335 e. The summed E-state index contributed by atoms with van der Waals surface area (Å²) in [4.78, 5) is 15.2. The van der Waals surface area contributed by atoms with Crippen LogP contribution < -0.4 is 0 Å². The van der Waals surface area contributed by atoms with Crippen LogP contribution in [-0.4, -0.2) is 23.4 Å². The maximum absolute atomic E-state index is 12.3. The molecule has 0 radical (unpaired) electrons. The van der Waals surface area contributed by atoms with E-state index in [9.17, 15) is 4.79 Å². The van der Waals surface area contributed by atoms with Gasteiger partial charge in [0.05, 0.1) is 4.88 Å². The van der Waals surface area contributed by atoms with E-state index in [0.29, 0.717) is 6.04 Å². The van der Waals surface area contributed by atoms with Crippen LogP contribution in [-0.2, 0) is 0 Å². The van der Waals surface area contributed by atoms with Crippen LogP contribution in [0.2, 0.25) is 0 Å². The average Bonchev–Trinajstić information content (AvgIpc) is 2.75. The second-order valence-electron chi connectivity index (χ2n) is 4.19. The zero-order valence-corrected chi connectivity index (χ0v) is 11.8. The number of carbonyl (C=O) groups excluding carboxylic acids is 1. The van der Waals surface area contributed by atoms with Crippen LogP contribution in [0.25, 0.3) is 0 Å². The predicted molar refractivity (Wildman–Crippen MR) is 71.0 cm³/mol. The number of carbonyl (C=O) groups is 1. The van der Waals surface area contributed by atoms with E-state index in [1.807, 2.05) is 11.4 Å². The van der Waals surface area contributed by atoms with E-state index >= 15 is 0 Å². The number of likely N-dealkylation sites (tertiary alicyclic amines) is 1. The molecule has 1 amide bonds. The Hall–Kier alpha value is -0.350. The number of piperidine rings is 1. The third kappa shape index (κ3) is 2.48. The minimum absolute atomic E-state index is 0.210. The monoisotopic (exact) mass is 301 g/mol. The van der Waals surface area contributed by atoms with E-state index < -0.39 is 0 Å². The average molecular weight is 302 g/mol.